The lowest BCUT2D eigenvalue weighted by Crippen LogP contribution is -2.27. The molecule has 0 radical (unpaired) electrons. The zero-order chi connectivity index (χ0) is 20.8. The van der Waals surface area contributed by atoms with Crippen LogP contribution in [0.3, 0.4) is 0 Å². The summed E-state index contributed by atoms with van der Waals surface area (Å²) in [6, 6.07) is 14.9. The van der Waals surface area contributed by atoms with E-state index in [1.807, 2.05) is 32.0 Å². The van der Waals surface area contributed by atoms with Crippen LogP contribution in [0.5, 0.6) is 0 Å². The first-order valence-electron chi connectivity index (χ1n) is 9.29. The Morgan fingerprint density at radius 3 is 2.31 bits per heavy atom. The Balaban J connectivity index is 1.61. The number of hydrogen-bond donors (Lipinski definition) is 2. The number of benzene rings is 2. The number of aryl methyl sites for hydroxylation is 2. The normalized spacial score (nSPS) is 10.4. The Morgan fingerprint density at radius 2 is 1.62 bits per heavy atom. The maximum atomic E-state index is 12.9. The first kappa shape index (κ1) is 20.2. The van der Waals surface area contributed by atoms with E-state index in [9.17, 15) is 14.0 Å². The Kier molecular flexibility index (Phi) is 6.34. The Labute approximate surface area is 169 Å². The standard InChI is InChI=1S/C23H22FN3O2/c1-15-11-16(2)13-20(12-15)27-22(28)18-8-10-25-21(14-18)23(29)26-9-7-17-3-5-19(24)6-4-17/h3-6,8,10-14H,7,9H2,1-2H3,(H,26,29)(H,27,28). The van der Waals surface area contributed by atoms with E-state index in [1.165, 1.54) is 24.4 Å². The summed E-state index contributed by atoms with van der Waals surface area (Å²) in [6.45, 7) is 4.30. The fourth-order valence-corrected chi connectivity index (χ4v) is 3.01. The molecule has 0 unspecified atom stereocenters. The van der Waals surface area contributed by atoms with E-state index >= 15 is 0 Å². The number of carbonyl (C=O) groups is 2. The van der Waals surface area contributed by atoms with Gasteiger partial charge in [0.25, 0.3) is 11.8 Å². The molecule has 0 saturated carbocycles. The number of nitrogens with one attached hydrogen (secondary N) is 2. The highest BCUT2D eigenvalue weighted by atomic mass is 19.1. The van der Waals surface area contributed by atoms with Gasteiger partial charge in [0, 0.05) is 24.0 Å². The maximum Gasteiger partial charge on any atom is 0.269 e. The summed E-state index contributed by atoms with van der Waals surface area (Å²) in [5.41, 5.74) is 4.24. The van der Waals surface area contributed by atoms with Crippen LogP contribution in [0.15, 0.2) is 60.8 Å². The molecule has 3 rings (SSSR count). The second-order valence-corrected chi connectivity index (χ2v) is 6.89. The van der Waals surface area contributed by atoms with Gasteiger partial charge in [-0.15, -0.1) is 0 Å². The molecule has 0 saturated heterocycles. The molecule has 1 heterocycles. The number of halogens is 1. The topological polar surface area (TPSA) is 71.1 Å². The maximum absolute atomic E-state index is 12.9. The lowest BCUT2D eigenvalue weighted by atomic mass is 10.1. The summed E-state index contributed by atoms with van der Waals surface area (Å²) in [5.74, 6) is -0.969. The molecule has 0 aliphatic rings. The Hall–Kier alpha value is -3.54. The van der Waals surface area contributed by atoms with Gasteiger partial charge in [0.15, 0.2) is 0 Å². The lowest BCUT2D eigenvalue weighted by molar-refractivity contribution is 0.0949. The van der Waals surface area contributed by atoms with Crippen LogP contribution in [0.25, 0.3) is 0 Å². The Bertz CT molecular complexity index is 1010. The third kappa shape index (κ3) is 5.72. The quantitative estimate of drug-likeness (QED) is 0.666. The molecule has 5 nitrogen and oxygen atoms in total. The van der Waals surface area contributed by atoms with Crippen molar-refractivity contribution in [2.75, 3.05) is 11.9 Å². The zero-order valence-electron chi connectivity index (χ0n) is 16.3. The number of anilines is 1. The summed E-state index contributed by atoms with van der Waals surface area (Å²) in [5, 5.41) is 5.61. The van der Waals surface area contributed by atoms with Gasteiger partial charge in [0.1, 0.15) is 11.5 Å². The van der Waals surface area contributed by atoms with E-state index in [2.05, 4.69) is 15.6 Å². The molecule has 6 heteroatoms. The average Bonchev–Trinajstić information content (AvgIpc) is 2.68. The van der Waals surface area contributed by atoms with Crippen LogP contribution in [0.1, 0.15) is 37.5 Å². The van der Waals surface area contributed by atoms with E-state index in [0.29, 0.717) is 24.2 Å². The molecule has 0 fully saturated rings. The molecule has 2 aromatic carbocycles. The molecule has 2 amide bonds. The van der Waals surface area contributed by atoms with Crippen LogP contribution in [0.4, 0.5) is 10.1 Å². The SMILES string of the molecule is Cc1cc(C)cc(NC(=O)c2ccnc(C(=O)NCCc3ccc(F)cc3)c2)c1. The van der Waals surface area contributed by atoms with Gasteiger partial charge in [0.05, 0.1) is 0 Å². The molecular weight excluding hydrogens is 369 g/mol. The van der Waals surface area contributed by atoms with Crippen LogP contribution >= 0.6 is 0 Å². The monoisotopic (exact) mass is 391 g/mol. The van der Waals surface area contributed by atoms with Gasteiger partial charge >= 0.3 is 0 Å². The van der Waals surface area contributed by atoms with E-state index in [0.717, 1.165) is 16.7 Å². The first-order valence-corrected chi connectivity index (χ1v) is 9.29. The number of rotatable bonds is 6. The van der Waals surface area contributed by atoms with Crippen molar-refractivity contribution >= 4 is 17.5 Å². The summed E-state index contributed by atoms with van der Waals surface area (Å²) in [7, 11) is 0. The second-order valence-electron chi connectivity index (χ2n) is 6.89. The van der Waals surface area contributed by atoms with Crippen LogP contribution in [-0.2, 0) is 6.42 Å². The highest BCUT2D eigenvalue weighted by Crippen LogP contribution is 2.15. The van der Waals surface area contributed by atoms with Gasteiger partial charge in [-0.05, 0) is 73.4 Å². The van der Waals surface area contributed by atoms with Crippen molar-refractivity contribution in [3.63, 3.8) is 0 Å². The largest absolute Gasteiger partial charge is 0.350 e. The third-order valence-corrected chi connectivity index (χ3v) is 4.35. The van der Waals surface area contributed by atoms with Crippen LogP contribution in [0.2, 0.25) is 0 Å². The van der Waals surface area contributed by atoms with Gasteiger partial charge in [-0.3, -0.25) is 14.6 Å². The highest BCUT2D eigenvalue weighted by Gasteiger charge is 2.12. The number of nitrogens with zero attached hydrogens (tertiary/aromatic N) is 1. The van der Waals surface area contributed by atoms with Crippen molar-refractivity contribution in [2.24, 2.45) is 0 Å². The third-order valence-electron chi connectivity index (χ3n) is 4.35. The predicted octanol–water partition coefficient (Wildman–Crippen LogP) is 4.06. The van der Waals surface area contributed by atoms with Crippen molar-refractivity contribution in [1.82, 2.24) is 10.3 Å². The van der Waals surface area contributed by atoms with E-state index < -0.39 is 0 Å². The highest BCUT2D eigenvalue weighted by molar-refractivity contribution is 6.05. The van der Waals surface area contributed by atoms with Gasteiger partial charge in [-0.25, -0.2) is 4.39 Å². The van der Waals surface area contributed by atoms with Gasteiger partial charge in [-0.2, -0.15) is 0 Å². The minimum Gasteiger partial charge on any atom is -0.350 e. The minimum absolute atomic E-state index is 0.164. The van der Waals surface area contributed by atoms with Gasteiger partial charge < -0.3 is 10.6 Å². The van der Waals surface area contributed by atoms with Crippen molar-refractivity contribution in [2.45, 2.75) is 20.3 Å². The second kappa shape index (κ2) is 9.10. The molecule has 2 N–H and O–H groups in total. The Morgan fingerprint density at radius 1 is 0.931 bits per heavy atom. The van der Waals surface area contributed by atoms with Crippen molar-refractivity contribution < 1.29 is 14.0 Å². The molecule has 0 spiro atoms. The van der Waals surface area contributed by atoms with Crippen molar-refractivity contribution in [1.29, 1.82) is 0 Å². The predicted molar refractivity (Wildman–Crippen MR) is 111 cm³/mol. The van der Waals surface area contributed by atoms with Gasteiger partial charge in [-0.1, -0.05) is 18.2 Å². The lowest BCUT2D eigenvalue weighted by Gasteiger charge is -2.09. The van der Waals surface area contributed by atoms with Gasteiger partial charge in [0.2, 0.25) is 0 Å². The summed E-state index contributed by atoms with van der Waals surface area (Å²) < 4.78 is 12.9. The number of aromatic nitrogens is 1. The fraction of sp³-hybridized carbons (Fsp3) is 0.174. The van der Waals surface area contributed by atoms with Crippen LogP contribution in [-0.4, -0.2) is 23.3 Å². The summed E-state index contributed by atoms with van der Waals surface area (Å²) in [6.07, 6.45) is 2.00. The van der Waals surface area contributed by atoms with Crippen LogP contribution in [0, 0.1) is 19.7 Å². The summed E-state index contributed by atoms with van der Waals surface area (Å²) >= 11 is 0. The number of hydrogen-bond acceptors (Lipinski definition) is 3. The molecule has 0 bridgehead atoms. The molecule has 1 aromatic heterocycles. The molecule has 29 heavy (non-hydrogen) atoms. The van der Waals surface area contributed by atoms with E-state index in [4.69, 9.17) is 0 Å². The van der Waals surface area contributed by atoms with Crippen molar-refractivity contribution in [3.05, 3.63) is 94.6 Å². The molecule has 3 aromatic rings. The fourth-order valence-electron chi connectivity index (χ4n) is 3.01. The summed E-state index contributed by atoms with van der Waals surface area (Å²) in [4.78, 5) is 28.9. The molecule has 0 aliphatic carbocycles. The molecule has 0 aliphatic heterocycles. The van der Waals surface area contributed by atoms with E-state index in [-0.39, 0.29) is 23.3 Å². The number of pyridine rings is 1. The number of carbonyl (C=O) groups excluding carboxylic acids is 2. The van der Waals surface area contributed by atoms with E-state index in [1.54, 1.807) is 18.2 Å². The van der Waals surface area contributed by atoms with Crippen molar-refractivity contribution in [3.8, 4) is 0 Å². The molecule has 148 valence electrons. The van der Waals surface area contributed by atoms with Crippen LogP contribution < -0.4 is 10.6 Å². The zero-order valence-corrected chi connectivity index (χ0v) is 16.3. The average molecular weight is 391 g/mol. The molecular formula is C23H22FN3O2. The first-order chi connectivity index (χ1) is 13.9. The minimum atomic E-state index is -0.367. The molecule has 0 atom stereocenters. The number of amides is 2. The smallest absolute Gasteiger partial charge is 0.269 e.